The van der Waals surface area contributed by atoms with Gasteiger partial charge in [0.15, 0.2) is 0 Å². The van der Waals surface area contributed by atoms with Crippen molar-refractivity contribution < 1.29 is 4.79 Å². The molecule has 0 saturated carbocycles. The number of anilines is 1. The highest BCUT2D eigenvalue weighted by molar-refractivity contribution is 6.71. The lowest BCUT2D eigenvalue weighted by molar-refractivity contribution is 0.0877. The first-order valence-corrected chi connectivity index (χ1v) is 6.44. The molecule has 0 bridgehead atoms. The van der Waals surface area contributed by atoms with E-state index in [0.717, 1.165) is 18.5 Å². The molecular weight excluding hydrogens is 246 g/mol. The van der Waals surface area contributed by atoms with E-state index in [1.165, 1.54) is 0 Å². The van der Waals surface area contributed by atoms with Crippen LogP contribution >= 0.6 is 11.6 Å². The fraction of sp³-hybridized carbons (Fsp3) is 0.308. The fourth-order valence-corrected chi connectivity index (χ4v) is 1.94. The van der Waals surface area contributed by atoms with Crippen LogP contribution in [0.25, 0.3) is 0 Å². The highest BCUT2D eigenvalue weighted by Gasteiger charge is 2.31. The van der Waals surface area contributed by atoms with E-state index in [1.54, 1.807) is 11.9 Å². The van der Waals surface area contributed by atoms with Crippen LogP contribution < -0.4 is 5.23 Å². The summed E-state index contributed by atoms with van der Waals surface area (Å²) in [6.07, 6.45) is 1.63. The molecule has 0 aliphatic carbocycles. The van der Waals surface area contributed by atoms with Gasteiger partial charge in [-0.15, -0.1) is 17.5 Å². The molecule has 0 saturated heterocycles. The van der Waals surface area contributed by atoms with Gasteiger partial charge in [0.25, 0.3) is 0 Å². The molecule has 1 aliphatic heterocycles. The normalized spacial score (nSPS) is 13.6. The molecule has 0 aromatic heterocycles. The topological polar surface area (TPSA) is 32.3 Å². The molecule has 0 unspecified atom stereocenters. The summed E-state index contributed by atoms with van der Waals surface area (Å²) in [6, 6.07) is 7.48. The first kappa shape index (κ1) is 12.9. The Labute approximate surface area is 113 Å². The molecule has 0 radical (unpaired) electrons. The Hall–Kier alpha value is -1.60. The molecular formula is C13H14BClN2O. The van der Waals surface area contributed by atoms with Crippen LogP contribution in [0.2, 0.25) is 0 Å². The molecule has 18 heavy (non-hydrogen) atoms. The van der Waals surface area contributed by atoms with Gasteiger partial charge in [0.1, 0.15) is 0 Å². The maximum atomic E-state index is 12.1. The largest absolute Gasteiger partial charge is 0.465 e. The second-order valence-corrected chi connectivity index (χ2v) is 4.50. The number of hydrogen-bond donors (Lipinski definition) is 1. The number of nitrogens with zero attached hydrogens (tertiary/aromatic N) is 1. The highest BCUT2D eigenvalue weighted by atomic mass is 35.5. The summed E-state index contributed by atoms with van der Waals surface area (Å²) in [7, 11) is 1.76. The molecule has 1 N–H and O–H groups in total. The van der Waals surface area contributed by atoms with Gasteiger partial charge in [0, 0.05) is 18.0 Å². The number of para-hydroxylation sites is 1. The van der Waals surface area contributed by atoms with Gasteiger partial charge in [-0.3, -0.25) is 4.79 Å². The molecule has 0 spiro atoms. The lowest BCUT2D eigenvalue weighted by Crippen LogP contribution is -2.49. The van der Waals surface area contributed by atoms with Gasteiger partial charge >= 0.3 is 6.98 Å². The van der Waals surface area contributed by atoms with Crippen molar-refractivity contribution in [2.24, 2.45) is 0 Å². The van der Waals surface area contributed by atoms with Crippen LogP contribution in [0.15, 0.2) is 24.3 Å². The maximum absolute atomic E-state index is 12.1. The van der Waals surface area contributed by atoms with E-state index in [4.69, 9.17) is 11.6 Å². The number of unbranched alkanes of at least 4 members (excludes halogenated alkanes) is 1. The standard InChI is InChI=1S/C13H14BClN2O/c1-17-13(18)11-7-3-4-8-12(11)16-14(17)9-5-2-6-10-15/h3-4,7-8,16H,2,6,10H2,1H3. The van der Waals surface area contributed by atoms with Gasteiger partial charge in [-0.1, -0.05) is 18.0 Å². The number of amides is 1. The second-order valence-electron chi connectivity index (χ2n) is 4.12. The van der Waals surface area contributed by atoms with Crippen molar-refractivity contribution >= 4 is 30.2 Å². The lowest BCUT2D eigenvalue weighted by atomic mass is 9.72. The van der Waals surface area contributed by atoms with E-state index in [-0.39, 0.29) is 12.9 Å². The highest BCUT2D eigenvalue weighted by Crippen LogP contribution is 2.22. The van der Waals surface area contributed by atoms with Crippen molar-refractivity contribution in [1.29, 1.82) is 0 Å². The van der Waals surface area contributed by atoms with E-state index >= 15 is 0 Å². The van der Waals surface area contributed by atoms with Crippen molar-refractivity contribution in [3.8, 4) is 11.7 Å². The monoisotopic (exact) mass is 260 g/mol. The zero-order chi connectivity index (χ0) is 13.0. The average molecular weight is 261 g/mol. The molecule has 2 rings (SSSR count). The Balaban J connectivity index is 2.16. The van der Waals surface area contributed by atoms with E-state index in [9.17, 15) is 4.79 Å². The number of halogens is 1. The van der Waals surface area contributed by atoms with E-state index < -0.39 is 0 Å². The Morgan fingerprint density at radius 2 is 2.22 bits per heavy atom. The third-order valence-electron chi connectivity index (χ3n) is 2.83. The van der Waals surface area contributed by atoms with E-state index in [1.807, 2.05) is 24.3 Å². The maximum Gasteiger partial charge on any atom is 0.465 e. The number of rotatable bonds is 2. The molecule has 0 atom stereocenters. The number of carbonyl (C=O) groups is 1. The van der Waals surface area contributed by atoms with Crippen LogP contribution in [-0.4, -0.2) is 30.6 Å². The van der Waals surface area contributed by atoms with Gasteiger partial charge in [-0.25, -0.2) is 0 Å². The lowest BCUT2D eigenvalue weighted by Gasteiger charge is -2.29. The summed E-state index contributed by atoms with van der Waals surface area (Å²) in [5.41, 5.74) is 1.54. The molecule has 5 heteroatoms. The van der Waals surface area contributed by atoms with Gasteiger partial charge in [-0.2, -0.15) is 0 Å². The van der Waals surface area contributed by atoms with Crippen molar-refractivity contribution in [3.63, 3.8) is 0 Å². The summed E-state index contributed by atoms with van der Waals surface area (Å²) >= 11 is 5.59. The average Bonchev–Trinajstić information content (AvgIpc) is 2.40. The second kappa shape index (κ2) is 5.84. The molecule has 1 aromatic carbocycles. The Bertz CT molecular complexity index is 509. The molecule has 1 amide bonds. The molecule has 1 aliphatic rings. The van der Waals surface area contributed by atoms with Crippen LogP contribution in [0, 0.1) is 11.7 Å². The van der Waals surface area contributed by atoms with Gasteiger partial charge in [0.2, 0.25) is 5.91 Å². The number of hydrogen-bond acceptors (Lipinski definition) is 2. The molecule has 3 nitrogen and oxygen atoms in total. The SMILES string of the molecule is CN1B(C#CCCCCl)Nc2ccccc2C1=O. The van der Waals surface area contributed by atoms with Crippen LogP contribution in [0.4, 0.5) is 5.69 Å². The third kappa shape index (κ3) is 2.62. The summed E-state index contributed by atoms with van der Waals surface area (Å²) in [5, 5.41) is 3.25. The predicted molar refractivity (Wildman–Crippen MR) is 75.6 cm³/mol. The smallest absolute Gasteiger partial charge is 0.397 e. The quantitative estimate of drug-likeness (QED) is 0.383. The first-order chi connectivity index (χ1) is 8.74. The van der Waals surface area contributed by atoms with E-state index in [0.29, 0.717) is 11.4 Å². The Morgan fingerprint density at radius 1 is 1.44 bits per heavy atom. The number of nitrogens with one attached hydrogen (secondary N) is 1. The minimum atomic E-state index is -0.261. The van der Waals surface area contributed by atoms with Crippen LogP contribution in [0.1, 0.15) is 23.2 Å². The van der Waals surface area contributed by atoms with Crippen LogP contribution in [0.5, 0.6) is 0 Å². The van der Waals surface area contributed by atoms with Crippen molar-refractivity contribution in [2.75, 3.05) is 18.2 Å². The summed E-state index contributed by atoms with van der Waals surface area (Å²) in [5.74, 6) is 6.73. The third-order valence-corrected chi connectivity index (χ3v) is 3.10. The minimum absolute atomic E-state index is 0.000920. The Kier molecular flexibility index (Phi) is 4.17. The van der Waals surface area contributed by atoms with Crippen LogP contribution in [0.3, 0.4) is 0 Å². The summed E-state index contributed by atoms with van der Waals surface area (Å²) in [4.78, 5) is 13.7. The van der Waals surface area contributed by atoms with Crippen LogP contribution in [-0.2, 0) is 0 Å². The summed E-state index contributed by atoms with van der Waals surface area (Å²) in [6.45, 7) is -0.261. The number of alkyl halides is 1. The number of fused-ring (bicyclic) bond motifs is 1. The first-order valence-electron chi connectivity index (χ1n) is 5.91. The number of carbonyl (C=O) groups excluding carboxylic acids is 1. The van der Waals surface area contributed by atoms with Gasteiger partial charge in [-0.05, 0) is 25.6 Å². The molecule has 1 aromatic rings. The summed E-state index contributed by atoms with van der Waals surface area (Å²) < 4.78 is 0. The Morgan fingerprint density at radius 3 is 3.00 bits per heavy atom. The van der Waals surface area contributed by atoms with Crippen molar-refractivity contribution in [2.45, 2.75) is 12.8 Å². The minimum Gasteiger partial charge on any atom is -0.397 e. The van der Waals surface area contributed by atoms with Crippen molar-refractivity contribution in [1.82, 2.24) is 4.81 Å². The zero-order valence-corrected chi connectivity index (χ0v) is 11.0. The number of benzene rings is 1. The van der Waals surface area contributed by atoms with Gasteiger partial charge in [0.05, 0.1) is 5.56 Å². The zero-order valence-electron chi connectivity index (χ0n) is 10.2. The van der Waals surface area contributed by atoms with Gasteiger partial charge < -0.3 is 10.0 Å². The molecule has 92 valence electrons. The molecule has 0 fully saturated rings. The molecule has 1 heterocycles. The van der Waals surface area contributed by atoms with Crippen molar-refractivity contribution in [3.05, 3.63) is 29.8 Å². The predicted octanol–water partition coefficient (Wildman–Crippen LogP) is 2.23. The fourth-order valence-electron chi connectivity index (χ4n) is 1.80. The van der Waals surface area contributed by atoms with E-state index in [2.05, 4.69) is 17.0 Å².